The summed E-state index contributed by atoms with van der Waals surface area (Å²) in [4.78, 5) is 16.1. The summed E-state index contributed by atoms with van der Waals surface area (Å²) in [6, 6.07) is 7.40. The molecule has 1 atom stereocenters. The van der Waals surface area contributed by atoms with Gasteiger partial charge < -0.3 is 10.1 Å². The van der Waals surface area contributed by atoms with Gasteiger partial charge in [0.1, 0.15) is 5.75 Å². The van der Waals surface area contributed by atoms with Gasteiger partial charge in [-0.2, -0.15) is 0 Å². The molecule has 0 bridgehead atoms. The summed E-state index contributed by atoms with van der Waals surface area (Å²) in [7, 11) is 1.63. The van der Waals surface area contributed by atoms with Gasteiger partial charge in [-0.25, -0.2) is 9.78 Å². The van der Waals surface area contributed by atoms with Crippen molar-refractivity contribution < 1.29 is 9.53 Å². The first kappa shape index (κ1) is 15.3. The molecule has 2 amide bonds. The van der Waals surface area contributed by atoms with E-state index in [9.17, 15) is 4.79 Å². The number of aromatic nitrogens is 1. The fraction of sp³-hybridized carbons (Fsp3) is 0.333. The second-order valence-corrected chi connectivity index (χ2v) is 5.83. The third-order valence-electron chi connectivity index (χ3n) is 3.08. The molecule has 2 aromatic rings. The van der Waals surface area contributed by atoms with E-state index in [1.165, 1.54) is 11.3 Å². The minimum Gasteiger partial charge on any atom is -0.497 e. The number of carbonyl (C=O) groups excluding carboxylic acids is 1. The van der Waals surface area contributed by atoms with Crippen LogP contribution in [-0.2, 0) is 0 Å². The molecule has 1 heterocycles. The Bertz CT molecular complexity index is 567. The normalized spacial score (nSPS) is 12.0. The van der Waals surface area contributed by atoms with E-state index in [1.807, 2.05) is 29.6 Å². The van der Waals surface area contributed by atoms with Crippen LogP contribution in [0.25, 0.3) is 0 Å². The van der Waals surface area contributed by atoms with Crippen molar-refractivity contribution in [3.63, 3.8) is 0 Å². The van der Waals surface area contributed by atoms with E-state index in [2.05, 4.69) is 29.5 Å². The molecule has 0 saturated heterocycles. The van der Waals surface area contributed by atoms with Gasteiger partial charge in [-0.15, -0.1) is 11.3 Å². The molecular formula is C15H19N3O2S. The quantitative estimate of drug-likeness (QED) is 0.886. The van der Waals surface area contributed by atoms with Crippen molar-refractivity contribution in [2.45, 2.75) is 19.9 Å². The van der Waals surface area contributed by atoms with E-state index in [4.69, 9.17) is 4.74 Å². The summed E-state index contributed by atoms with van der Waals surface area (Å²) in [5, 5.41) is 8.12. The minimum atomic E-state index is -0.250. The molecule has 0 fully saturated rings. The van der Waals surface area contributed by atoms with Crippen molar-refractivity contribution in [2.24, 2.45) is 5.92 Å². The van der Waals surface area contributed by atoms with Crippen LogP contribution in [-0.4, -0.2) is 18.1 Å². The van der Waals surface area contributed by atoms with Gasteiger partial charge in [0.2, 0.25) is 0 Å². The van der Waals surface area contributed by atoms with Gasteiger partial charge in [0.25, 0.3) is 0 Å². The molecule has 21 heavy (non-hydrogen) atoms. The second kappa shape index (κ2) is 7.08. The first-order valence-electron chi connectivity index (χ1n) is 6.71. The third kappa shape index (κ3) is 4.19. The molecule has 0 spiro atoms. The number of methoxy groups -OCH3 is 1. The average Bonchev–Trinajstić information content (AvgIpc) is 2.97. The monoisotopic (exact) mass is 305 g/mol. The molecule has 2 rings (SSSR count). The number of nitrogens with one attached hydrogen (secondary N) is 2. The standard InChI is InChI=1S/C15H19N3O2S/c1-10(2)13(11-4-6-12(20-3)7-5-11)17-14(19)18-15-16-8-9-21-15/h4-10,13H,1-3H3,(H2,16,17,18,19). The molecule has 112 valence electrons. The van der Waals surface area contributed by atoms with E-state index < -0.39 is 0 Å². The first-order chi connectivity index (χ1) is 10.1. The zero-order chi connectivity index (χ0) is 15.2. The number of ether oxygens (including phenoxy) is 1. The van der Waals surface area contributed by atoms with Crippen LogP contribution in [0.4, 0.5) is 9.93 Å². The fourth-order valence-electron chi connectivity index (χ4n) is 2.01. The van der Waals surface area contributed by atoms with Crippen molar-refractivity contribution in [1.29, 1.82) is 0 Å². The number of carbonyl (C=O) groups is 1. The highest BCUT2D eigenvalue weighted by Gasteiger charge is 2.18. The van der Waals surface area contributed by atoms with E-state index in [0.717, 1.165) is 11.3 Å². The minimum absolute atomic E-state index is 0.0733. The maximum atomic E-state index is 12.0. The first-order valence-corrected chi connectivity index (χ1v) is 7.59. The van der Waals surface area contributed by atoms with Crippen LogP contribution in [0.1, 0.15) is 25.5 Å². The van der Waals surface area contributed by atoms with Crippen molar-refractivity contribution in [3.8, 4) is 5.75 Å². The maximum absolute atomic E-state index is 12.0. The summed E-state index contributed by atoms with van der Waals surface area (Å²) >= 11 is 1.39. The predicted octanol–water partition coefficient (Wildman–Crippen LogP) is 3.67. The molecule has 2 N–H and O–H groups in total. The topological polar surface area (TPSA) is 63.2 Å². The number of hydrogen-bond donors (Lipinski definition) is 2. The summed E-state index contributed by atoms with van der Waals surface area (Å²) in [5.74, 6) is 1.06. The molecule has 6 heteroatoms. The zero-order valence-corrected chi connectivity index (χ0v) is 13.1. The van der Waals surface area contributed by atoms with E-state index in [0.29, 0.717) is 5.13 Å². The number of urea groups is 1. The Labute approximate surface area is 128 Å². The van der Waals surface area contributed by atoms with Crippen molar-refractivity contribution >= 4 is 22.5 Å². The Kier molecular flexibility index (Phi) is 5.16. The van der Waals surface area contributed by atoms with Crippen LogP contribution in [0.15, 0.2) is 35.8 Å². The number of benzene rings is 1. The smallest absolute Gasteiger partial charge is 0.321 e. The summed E-state index contributed by atoms with van der Waals surface area (Å²) < 4.78 is 5.15. The summed E-state index contributed by atoms with van der Waals surface area (Å²) in [6.07, 6.45) is 1.66. The van der Waals surface area contributed by atoms with Gasteiger partial charge in [-0.05, 0) is 23.6 Å². The van der Waals surface area contributed by atoms with Gasteiger partial charge in [0.05, 0.1) is 13.2 Å². The van der Waals surface area contributed by atoms with Gasteiger partial charge in [0, 0.05) is 11.6 Å². The van der Waals surface area contributed by atoms with Crippen molar-refractivity contribution in [1.82, 2.24) is 10.3 Å². The lowest BCUT2D eigenvalue weighted by molar-refractivity contribution is 0.244. The molecule has 0 radical (unpaired) electrons. The number of rotatable bonds is 5. The lowest BCUT2D eigenvalue weighted by Crippen LogP contribution is -2.35. The molecule has 0 saturated carbocycles. The van der Waals surface area contributed by atoms with Crippen LogP contribution < -0.4 is 15.4 Å². The van der Waals surface area contributed by atoms with Gasteiger partial charge in [0.15, 0.2) is 5.13 Å². The molecule has 1 aromatic heterocycles. The zero-order valence-electron chi connectivity index (χ0n) is 12.3. The number of hydrogen-bond acceptors (Lipinski definition) is 4. The molecular weight excluding hydrogens is 286 g/mol. The average molecular weight is 305 g/mol. The Morgan fingerprint density at radius 3 is 2.52 bits per heavy atom. The van der Waals surface area contributed by atoms with Crippen molar-refractivity contribution in [2.75, 3.05) is 12.4 Å². The Morgan fingerprint density at radius 2 is 2.00 bits per heavy atom. The molecule has 0 aliphatic carbocycles. The van der Waals surface area contributed by atoms with Gasteiger partial charge >= 0.3 is 6.03 Å². The van der Waals surface area contributed by atoms with Crippen molar-refractivity contribution in [3.05, 3.63) is 41.4 Å². The Morgan fingerprint density at radius 1 is 1.29 bits per heavy atom. The highest BCUT2D eigenvalue weighted by atomic mass is 32.1. The van der Waals surface area contributed by atoms with Crippen LogP contribution >= 0.6 is 11.3 Å². The van der Waals surface area contributed by atoms with Crippen LogP contribution in [0, 0.1) is 5.92 Å². The second-order valence-electron chi connectivity index (χ2n) is 4.93. The van der Waals surface area contributed by atoms with E-state index >= 15 is 0 Å². The van der Waals surface area contributed by atoms with Crippen LogP contribution in [0.3, 0.4) is 0 Å². The summed E-state index contributed by atoms with van der Waals surface area (Å²) in [6.45, 7) is 4.14. The van der Waals surface area contributed by atoms with Crippen LogP contribution in [0.5, 0.6) is 5.75 Å². The Balaban J connectivity index is 2.05. The number of amides is 2. The Hall–Kier alpha value is -2.08. The molecule has 5 nitrogen and oxygen atoms in total. The number of thiazole rings is 1. The predicted molar refractivity (Wildman–Crippen MR) is 84.8 cm³/mol. The van der Waals surface area contributed by atoms with Gasteiger partial charge in [-0.1, -0.05) is 26.0 Å². The molecule has 1 aromatic carbocycles. The van der Waals surface area contributed by atoms with Crippen LogP contribution in [0.2, 0.25) is 0 Å². The number of anilines is 1. The molecule has 0 aliphatic rings. The third-order valence-corrected chi connectivity index (χ3v) is 3.77. The van der Waals surface area contributed by atoms with E-state index in [-0.39, 0.29) is 18.0 Å². The highest BCUT2D eigenvalue weighted by Crippen LogP contribution is 2.24. The summed E-state index contributed by atoms with van der Waals surface area (Å²) in [5.41, 5.74) is 1.04. The highest BCUT2D eigenvalue weighted by molar-refractivity contribution is 7.13. The lowest BCUT2D eigenvalue weighted by atomic mass is 9.96. The SMILES string of the molecule is COc1ccc(C(NC(=O)Nc2nccs2)C(C)C)cc1. The van der Waals surface area contributed by atoms with Gasteiger partial charge in [-0.3, -0.25) is 5.32 Å². The number of nitrogens with zero attached hydrogens (tertiary/aromatic N) is 1. The largest absolute Gasteiger partial charge is 0.497 e. The van der Waals surface area contributed by atoms with E-state index in [1.54, 1.807) is 13.3 Å². The fourth-order valence-corrected chi connectivity index (χ4v) is 2.53. The lowest BCUT2D eigenvalue weighted by Gasteiger charge is -2.23. The maximum Gasteiger partial charge on any atom is 0.321 e. The molecule has 1 unspecified atom stereocenters. The molecule has 0 aliphatic heterocycles.